The molecule has 3 heteroatoms. The molecule has 18 heavy (non-hydrogen) atoms. The molecule has 0 amide bonds. The van der Waals surface area contributed by atoms with E-state index in [1.165, 1.54) is 31.2 Å². The summed E-state index contributed by atoms with van der Waals surface area (Å²) in [6.45, 7) is 0.778. The fourth-order valence-corrected chi connectivity index (χ4v) is 3.47. The summed E-state index contributed by atoms with van der Waals surface area (Å²) in [7, 11) is 1.74. The molecule has 2 rings (SSSR count). The molecule has 2 nitrogen and oxygen atoms in total. The minimum Gasteiger partial charge on any atom is -0.496 e. The fraction of sp³-hybridized carbons (Fsp3) is 0.600. The molecule has 1 aromatic carbocycles. The van der Waals surface area contributed by atoms with E-state index in [1.807, 2.05) is 12.1 Å². The van der Waals surface area contributed by atoms with E-state index in [-0.39, 0.29) is 0 Å². The van der Waals surface area contributed by atoms with Crippen molar-refractivity contribution < 1.29 is 4.74 Å². The number of methoxy groups -OCH3 is 1. The van der Waals surface area contributed by atoms with Crippen molar-refractivity contribution >= 4 is 15.9 Å². The average molecular weight is 312 g/mol. The second-order valence-electron chi connectivity index (χ2n) is 5.20. The van der Waals surface area contributed by atoms with Gasteiger partial charge in [-0.15, -0.1) is 0 Å². The van der Waals surface area contributed by atoms with Crippen molar-refractivity contribution in [1.29, 1.82) is 0 Å². The van der Waals surface area contributed by atoms with Crippen LogP contribution in [-0.2, 0) is 6.42 Å². The first-order chi connectivity index (χ1) is 8.74. The highest BCUT2D eigenvalue weighted by Crippen LogP contribution is 2.34. The van der Waals surface area contributed by atoms with Crippen molar-refractivity contribution in [3.63, 3.8) is 0 Å². The third-order valence-corrected chi connectivity index (χ3v) is 4.59. The van der Waals surface area contributed by atoms with Crippen LogP contribution in [0.25, 0.3) is 0 Å². The molecule has 0 spiro atoms. The van der Waals surface area contributed by atoms with Gasteiger partial charge in [0.1, 0.15) is 5.75 Å². The van der Waals surface area contributed by atoms with Gasteiger partial charge in [-0.25, -0.2) is 0 Å². The number of halogens is 1. The number of hydrogen-bond donors (Lipinski definition) is 1. The van der Waals surface area contributed by atoms with E-state index >= 15 is 0 Å². The fourth-order valence-electron chi connectivity index (χ4n) is 3.06. The molecule has 0 radical (unpaired) electrons. The monoisotopic (exact) mass is 311 g/mol. The second-order valence-corrected chi connectivity index (χ2v) is 6.12. The van der Waals surface area contributed by atoms with Crippen LogP contribution in [0.4, 0.5) is 0 Å². The Bertz CT molecular complexity index is 388. The van der Waals surface area contributed by atoms with E-state index < -0.39 is 0 Å². The van der Waals surface area contributed by atoms with Crippen molar-refractivity contribution in [3.05, 3.63) is 28.2 Å². The van der Waals surface area contributed by atoms with Gasteiger partial charge in [-0.3, -0.25) is 0 Å². The molecule has 100 valence electrons. The van der Waals surface area contributed by atoms with E-state index in [9.17, 15) is 0 Å². The first-order valence-corrected chi connectivity index (χ1v) is 7.56. The summed E-state index contributed by atoms with van der Waals surface area (Å²) in [5.41, 5.74) is 7.25. The predicted octanol–water partition coefficient (Wildman–Crippen LogP) is 3.77. The normalized spacial score (nSPS) is 17.9. The Morgan fingerprint density at radius 3 is 2.72 bits per heavy atom. The summed E-state index contributed by atoms with van der Waals surface area (Å²) in [6.07, 6.45) is 6.47. The van der Waals surface area contributed by atoms with E-state index in [4.69, 9.17) is 10.5 Å². The van der Waals surface area contributed by atoms with Crippen LogP contribution >= 0.6 is 15.9 Å². The molecule has 1 aliphatic rings. The maximum absolute atomic E-state index is 5.98. The Kier molecular flexibility index (Phi) is 5.07. The van der Waals surface area contributed by atoms with Crippen LogP contribution < -0.4 is 10.5 Å². The van der Waals surface area contributed by atoms with E-state index in [2.05, 4.69) is 22.0 Å². The largest absolute Gasteiger partial charge is 0.496 e. The average Bonchev–Trinajstić information content (AvgIpc) is 2.90. The quantitative estimate of drug-likeness (QED) is 0.898. The zero-order valence-electron chi connectivity index (χ0n) is 11.0. The van der Waals surface area contributed by atoms with Crippen LogP contribution in [0.2, 0.25) is 0 Å². The van der Waals surface area contributed by atoms with Gasteiger partial charge in [0.15, 0.2) is 0 Å². The Morgan fingerprint density at radius 1 is 1.39 bits per heavy atom. The molecule has 1 atom stereocenters. The van der Waals surface area contributed by atoms with Crippen LogP contribution in [0.3, 0.4) is 0 Å². The van der Waals surface area contributed by atoms with Gasteiger partial charge < -0.3 is 10.5 Å². The molecule has 0 saturated heterocycles. The van der Waals surface area contributed by atoms with Gasteiger partial charge in [0.25, 0.3) is 0 Å². The van der Waals surface area contributed by atoms with Crippen LogP contribution in [0.5, 0.6) is 5.75 Å². The van der Waals surface area contributed by atoms with Crippen molar-refractivity contribution in [2.45, 2.75) is 32.1 Å². The number of nitrogens with two attached hydrogens (primary N) is 1. The minimum atomic E-state index is 0.593. The Hall–Kier alpha value is -0.540. The zero-order valence-corrected chi connectivity index (χ0v) is 12.6. The Balaban J connectivity index is 2.12. The second kappa shape index (κ2) is 6.58. The number of rotatable bonds is 5. The highest BCUT2D eigenvalue weighted by atomic mass is 79.9. The summed E-state index contributed by atoms with van der Waals surface area (Å²) in [4.78, 5) is 0. The molecule has 1 unspecified atom stereocenters. The molecule has 0 aliphatic heterocycles. The highest BCUT2D eigenvalue weighted by molar-refractivity contribution is 9.10. The minimum absolute atomic E-state index is 0.593. The molecule has 0 bridgehead atoms. The van der Waals surface area contributed by atoms with Crippen LogP contribution in [0.1, 0.15) is 31.2 Å². The lowest BCUT2D eigenvalue weighted by Crippen LogP contribution is -2.24. The summed E-state index contributed by atoms with van der Waals surface area (Å²) in [5.74, 6) is 2.38. The van der Waals surface area contributed by atoms with Crippen LogP contribution in [0, 0.1) is 11.8 Å². The summed E-state index contributed by atoms with van der Waals surface area (Å²) < 4.78 is 6.56. The van der Waals surface area contributed by atoms with Gasteiger partial charge in [-0.2, -0.15) is 0 Å². The lowest BCUT2D eigenvalue weighted by atomic mass is 9.85. The van der Waals surface area contributed by atoms with E-state index in [0.29, 0.717) is 5.92 Å². The lowest BCUT2D eigenvalue weighted by Gasteiger charge is -2.22. The molecular formula is C15H22BrNO. The SMILES string of the molecule is COc1ccc(Br)cc1CC(CN)C1CCCC1. The smallest absolute Gasteiger partial charge is 0.122 e. The third kappa shape index (κ3) is 3.27. The first-order valence-electron chi connectivity index (χ1n) is 6.77. The van der Waals surface area contributed by atoms with Gasteiger partial charge in [-0.05, 0) is 48.6 Å². The van der Waals surface area contributed by atoms with Crippen molar-refractivity contribution in [3.8, 4) is 5.75 Å². The molecule has 1 aliphatic carbocycles. The Morgan fingerprint density at radius 2 is 2.11 bits per heavy atom. The number of hydrogen-bond acceptors (Lipinski definition) is 2. The molecule has 0 heterocycles. The topological polar surface area (TPSA) is 35.2 Å². The maximum atomic E-state index is 5.98. The molecule has 1 fully saturated rings. The standard InChI is InChI=1S/C15H22BrNO/c1-18-15-7-6-14(16)9-12(15)8-13(10-17)11-4-2-3-5-11/h6-7,9,11,13H,2-5,8,10,17H2,1H3. The van der Waals surface area contributed by atoms with Gasteiger partial charge in [0.2, 0.25) is 0 Å². The van der Waals surface area contributed by atoms with Gasteiger partial charge in [0, 0.05) is 4.47 Å². The molecule has 1 saturated carbocycles. The summed E-state index contributed by atoms with van der Waals surface area (Å²) in [6, 6.07) is 6.22. The van der Waals surface area contributed by atoms with E-state index in [0.717, 1.165) is 29.1 Å². The van der Waals surface area contributed by atoms with Crippen LogP contribution in [0.15, 0.2) is 22.7 Å². The lowest BCUT2D eigenvalue weighted by molar-refractivity contribution is 0.337. The van der Waals surface area contributed by atoms with Crippen molar-refractivity contribution in [1.82, 2.24) is 0 Å². The van der Waals surface area contributed by atoms with Gasteiger partial charge in [0.05, 0.1) is 7.11 Å². The van der Waals surface area contributed by atoms with Crippen LogP contribution in [-0.4, -0.2) is 13.7 Å². The molecular weight excluding hydrogens is 290 g/mol. The zero-order chi connectivity index (χ0) is 13.0. The predicted molar refractivity (Wildman–Crippen MR) is 78.9 cm³/mol. The highest BCUT2D eigenvalue weighted by Gasteiger charge is 2.25. The van der Waals surface area contributed by atoms with E-state index in [1.54, 1.807) is 7.11 Å². The number of benzene rings is 1. The van der Waals surface area contributed by atoms with Gasteiger partial charge in [-0.1, -0.05) is 41.6 Å². The van der Waals surface area contributed by atoms with Crippen molar-refractivity contribution in [2.75, 3.05) is 13.7 Å². The molecule has 1 aromatic rings. The third-order valence-electron chi connectivity index (χ3n) is 4.09. The first kappa shape index (κ1) is 13.9. The summed E-state index contributed by atoms with van der Waals surface area (Å²) in [5, 5.41) is 0. The summed E-state index contributed by atoms with van der Waals surface area (Å²) >= 11 is 3.53. The van der Waals surface area contributed by atoms with Gasteiger partial charge >= 0.3 is 0 Å². The number of ether oxygens (including phenoxy) is 1. The Labute approximate surface area is 118 Å². The molecule has 2 N–H and O–H groups in total. The molecule has 0 aromatic heterocycles. The van der Waals surface area contributed by atoms with Crippen molar-refractivity contribution in [2.24, 2.45) is 17.6 Å². The maximum Gasteiger partial charge on any atom is 0.122 e.